The number of thioether (sulfide) groups is 1. The summed E-state index contributed by atoms with van der Waals surface area (Å²) in [6, 6.07) is 8.55. The van der Waals surface area contributed by atoms with Gasteiger partial charge in [-0.2, -0.15) is 0 Å². The van der Waals surface area contributed by atoms with Crippen LogP contribution in [-0.2, 0) is 9.53 Å². The molecule has 178 valence electrons. The maximum Gasteiger partial charge on any atom is 0.237 e. The Labute approximate surface area is 200 Å². The summed E-state index contributed by atoms with van der Waals surface area (Å²) in [5.41, 5.74) is 1.98. The maximum absolute atomic E-state index is 12.9. The quantitative estimate of drug-likeness (QED) is 0.617. The van der Waals surface area contributed by atoms with E-state index in [9.17, 15) is 4.79 Å². The number of nitrogens with zero attached hydrogens (tertiary/aromatic N) is 5. The lowest BCUT2D eigenvalue weighted by atomic mass is 10.00. The number of hydrogen-bond donors (Lipinski definition) is 1. The summed E-state index contributed by atoms with van der Waals surface area (Å²) in [4.78, 5) is 17.6. The first-order valence-electron chi connectivity index (χ1n) is 12.2. The van der Waals surface area contributed by atoms with Gasteiger partial charge in [-0.15, -0.1) is 10.2 Å². The Morgan fingerprint density at radius 3 is 2.39 bits per heavy atom. The third-order valence-electron chi connectivity index (χ3n) is 6.79. The van der Waals surface area contributed by atoms with Gasteiger partial charge in [0.05, 0.1) is 18.5 Å². The van der Waals surface area contributed by atoms with E-state index in [4.69, 9.17) is 4.74 Å². The lowest BCUT2D eigenvalue weighted by Crippen LogP contribution is -2.36. The van der Waals surface area contributed by atoms with Gasteiger partial charge < -0.3 is 19.9 Å². The van der Waals surface area contributed by atoms with Gasteiger partial charge in [0.25, 0.3) is 0 Å². The Hall–Kier alpha value is -2.26. The molecule has 8 nitrogen and oxygen atoms in total. The molecule has 0 radical (unpaired) electrons. The second kappa shape index (κ2) is 9.93. The molecule has 2 aliphatic heterocycles. The molecule has 0 bridgehead atoms. The number of hydrogen-bond acceptors (Lipinski definition) is 7. The van der Waals surface area contributed by atoms with Crippen LogP contribution in [-0.4, -0.2) is 65.3 Å². The number of anilines is 3. The van der Waals surface area contributed by atoms with E-state index in [-0.39, 0.29) is 11.2 Å². The molecule has 1 atom stereocenters. The van der Waals surface area contributed by atoms with Crippen LogP contribution in [0, 0.1) is 5.92 Å². The number of piperidine rings is 1. The van der Waals surface area contributed by atoms with Crippen molar-refractivity contribution in [2.75, 3.05) is 54.5 Å². The fourth-order valence-corrected chi connectivity index (χ4v) is 5.37. The second-order valence-electron chi connectivity index (χ2n) is 9.45. The second-order valence-corrected chi connectivity index (χ2v) is 10.8. The third-order valence-corrected chi connectivity index (χ3v) is 7.84. The molecule has 1 unspecified atom stereocenters. The van der Waals surface area contributed by atoms with Crippen molar-refractivity contribution in [1.82, 2.24) is 14.8 Å². The van der Waals surface area contributed by atoms with Gasteiger partial charge in [0, 0.05) is 43.6 Å². The van der Waals surface area contributed by atoms with Crippen LogP contribution >= 0.6 is 11.8 Å². The zero-order valence-corrected chi connectivity index (χ0v) is 20.4. The van der Waals surface area contributed by atoms with Crippen LogP contribution in [0.1, 0.15) is 45.6 Å². The normalized spacial score (nSPS) is 20.7. The summed E-state index contributed by atoms with van der Waals surface area (Å²) in [5.74, 6) is 1.75. The van der Waals surface area contributed by atoms with Crippen LogP contribution in [0.5, 0.6) is 0 Å². The van der Waals surface area contributed by atoms with Crippen LogP contribution < -0.4 is 15.1 Å². The molecule has 1 amide bonds. The van der Waals surface area contributed by atoms with E-state index in [0.29, 0.717) is 6.04 Å². The fourth-order valence-electron chi connectivity index (χ4n) is 4.46. The highest BCUT2D eigenvalue weighted by Crippen LogP contribution is 2.42. The number of aromatic nitrogens is 3. The van der Waals surface area contributed by atoms with E-state index in [2.05, 4.69) is 48.9 Å². The molecule has 1 N–H and O–H groups in total. The predicted molar refractivity (Wildman–Crippen MR) is 132 cm³/mol. The zero-order valence-electron chi connectivity index (χ0n) is 19.6. The summed E-state index contributed by atoms with van der Waals surface area (Å²) in [5, 5.41) is 12.7. The highest BCUT2D eigenvalue weighted by atomic mass is 32.2. The van der Waals surface area contributed by atoms with Crippen LogP contribution in [0.2, 0.25) is 0 Å². The number of nitrogens with one attached hydrogen (secondary N) is 1. The molecule has 2 aromatic rings. The molecule has 0 spiro atoms. The van der Waals surface area contributed by atoms with E-state index >= 15 is 0 Å². The van der Waals surface area contributed by atoms with E-state index < -0.39 is 0 Å². The van der Waals surface area contributed by atoms with Gasteiger partial charge in [-0.05, 0) is 62.8 Å². The van der Waals surface area contributed by atoms with Crippen molar-refractivity contribution in [2.24, 2.45) is 5.92 Å². The molecule has 3 fully saturated rings. The predicted octanol–water partition coefficient (Wildman–Crippen LogP) is 3.81. The van der Waals surface area contributed by atoms with Gasteiger partial charge in [-0.25, -0.2) is 0 Å². The van der Waals surface area contributed by atoms with Gasteiger partial charge in [-0.1, -0.05) is 18.7 Å². The fraction of sp³-hybridized carbons (Fsp3) is 0.625. The van der Waals surface area contributed by atoms with E-state index in [1.54, 1.807) is 0 Å². The van der Waals surface area contributed by atoms with Crippen molar-refractivity contribution in [2.45, 2.75) is 56.0 Å². The average Bonchev–Trinajstić information content (AvgIpc) is 3.60. The largest absolute Gasteiger partial charge is 0.378 e. The Morgan fingerprint density at radius 1 is 1.03 bits per heavy atom. The molecule has 2 saturated heterocycles. The van der Waals surface area contributed by atoms with Crippen LogP contribution in [0.15, 0.2) is 29.4 Å². The van der Waals surface area contributed by atoms with Crippen molar-refractivity contribution >= 4 is 35.0 Å². The van der Waals surface area contributed by atoms with Crippen LogP contribution in [0.25, 0.3) is 0 Å². The summed E-state index contributed by atoms with van der Waals surface area (Å²) >= 11 is 1.51. The number of carbonyl (C=O) groups is 1. The van der Waals surface area contributed by atoms with Crippen molar-refractivity contribution in [3.8, 4) is 0 Å². The Morgan fingerprint density at radius 2 is 1.73 bits per heavy atom. The third kappa shape index (κ3) is 5.30. The Balaban J connectivity index is 1.21. The molecule has 33 heavy (non-hydrogen) atoms. The summed E-state index contributed by atoms with van der Waals surface area (Å²) < 4.78 is 7.70. The van der Waals surface area contributed by atoms with Gasteiger partial charge in [0.1, 0.15) is 0 Å². The summed E-state index contributed by atoms with van der Waals surface area (Å²) in [6.07, 6.45) is 4.73. The van der Waals surface area contributed by atoms with Crippen molar-refractivity contribution in [1.29, 1.82) is 0 Å². The lowest BCUT2D eigenvalue weighted by molar-refractivity contribution is -0.115. The number of rotatable bonds is 7. The molecule has 3 heterocycles. The van der Waals surface area contributed by atoms with Crippen molar-refractivity contribution < 1.29 is 9.53 Å². The summed E-state index contributed by atoms with van der Waals surface area (Å²) in [7, 11) is 0. The van der Waals surface area contributed by atoms with Crippen LogP contribution in [0.3, 0.4) is 0 Å². The summed E-state index contributed by atoms with van der Waals surface area (Å²) in [6.45, 7) is 9.66. The average molecular weight is 471 g/mol. The molecule has 1 saturated carbocycles. The molecule has 1 aliphatic carbocycles. The topological polar surface area (TPSA) is 75.5 Å². The number of amides is 1. The first-order valence-corrected chi connectivity index (χ1v) is 13.1. The van der Waals surface area contributed by atoms with Gasteiger partial charge in [0.15, 0.2) is 5.16 Å². The number of carbonyl (C=O) groups excluding carboxylic acids is 1. The standard InChI is InChI=1S/C24H34N6O2S/c1-17-9-11-29(12-10-17)23-26-27-24(30(23)21-7-8-21)33-18(2)22(31)25-19-3-5-20(6-4-19)28-13-15-32-16-14-28/h3-6,17-18,21H,7-16H2,1-2H3,(H,25,31). The van der Waals surface area contributed by atoms with Crippen molar-refractivity contribution in [3.63, 3.8) is 0 Å². The first kappa shape index (κ1) is 22.5. The van der Waals surface area contributed by atoms with E-state index in [1.807, 2.05) is 19.1 Å². The maximum atomic E-state index is 12.9. The minimum atomic E-state index is -0.264. The van der Waals surface area contributed by atoms with Gasteiger partial charge >= 0.3 is 0 Å². The zero-order chi connectivity index (χ0) is 22.8. The van der Waals surface area contributed by atoms with Crippen LogP contribution in [0.4, 0.5) is 17.3 Å². The molecular weight excluding hydrogens is 436 g/mol. The Kier molecular flexibility index (Phi) is 6.78. The SMILES string of the molecule is CC1CCN(c2nnc(SC(C)C(=O)Nc3ccc(N4CCOCC4)cc3)n2C2CC2)CC1. The molecule has 9 heteroatoms. The van der Waals surface area contributed by atoms with E-state index in [1.165, 1.54) is 37.4 Å². The highest BCUT2D eigenvalue weighted by Gasteiger charge is 2.33. The smallest absolute Gasteiger partial charge is 0.237 e. The molecule has 3 aliphatic rings. The number of morpholine rings is 1. The van der Waals surface area contributed by atoms with Crippen molar-refractivity contribution in [3.05, 3.63) is 24.3 Å². The minimum Gasteiger partial charge on any atom is -0.378 e. The van der Waals surface area contributed by atoms with Gasteiger partial charge in [0.2, 0.25) is 11.9 Å². The number of benzene rings is 1. The Bertz CT molecular complexity index is 946. The lowest BCUT2D eigenvalue weighted by Gasteiger charge is -2.31. The molecular formula is C24H34N6O2S. The molecule has 1 aromatic heterocycles. The van der Waals surface area contributed by atoms with E-state index in [0.717, 1.165) is 67.8 Å². The minimum absolute atomic E-state index is 0.0159. The highest BCUT2D eigenvalue weighted by molar-refractivity contribution is 8.00. The molecule has 5 rings (SSSR count). The van der Waals surface area contributed by atoms with Gasteiger partial charge in [-0.3, -0.25) is 9.36 Å². The molecule has 1 aromatic carbocycles. The first-order chi connectivity index (χ1) is 16.1. The monoisotopic (exact) mass is 470 g/mol. The number of ether oxygens (including phenoxy) is 1.